The van der Waals surface area contributed by atoms with Crippen molar-refractivity contribution in [3.05, 3.63) is 58.4 Å². The van der Waals surface area contributed by atoms with E-state index in [0.29, 0.717) is 28.9 Å². The van der Waals surface area contributed by atoms with Crippen molar-refractivity contribution in [1.82, 2.24) is 0 Å². The van der Waals surface area contributed by atoms with Gasteiger partial charge in [0.25, 0.3) is 0 Å². The Morgan fingerprint density at radius 2 is 1.79 bits per heavy atom. The second kappa shape index (κ2) is 8.00. The van der Waals surface area contributed by atoms with E-state index in [1.165, 1.54) is 32.4 Å². The van der Waals surface area contributed by atoms with Crippen LogP contribution in [0.5, 0.6) is 11.5 Å². The highest BCUT2D eigenvalue weighted by Crippen LogP contribution is 2.34. The van der Waals surface area contributed by atoms with Gasteiger partial charge in [0.15, 0.2) is 5.11 Å². The Balaban J connectivity index is 1.85. The van der Waals surface area contributed by atoms with Crippen LogP contribution in [0.4, 0.5) is 24.5 Å². The van der Waals surface area contributed by atoms with Gasteiger partial charge in [-0.15, -0.1) is 0 Å². The molecule has 2 aromatic carbocycles. The zero-order chi connectivity index (χ0) is 21.2. The molecule has 0 unspecified atom stereocenters. The molecule has 0 saturated heterocycles. The molecule has 3 rings (SSSR count). The maximum atomic E-state index is 13.1. The Hall–Kier alpha value is -3.27. The van der Waals surface area contributed by atoms with E-state index in [4.69, 9.17) is 26.1 Å². The highest BCUT2D eigenvalue weighted by Gasteiger charge is 2.33. The van der Waals surface area contributed by atoms with Gasteiger partial charge >= 0.3 is 11.8 Å². The van der Waals surface area contributed by atoms with Gasteiger partial charge in [-0.1, -0.05) is 0 Å². The fraction of sp³-hybridized carbons (Fsp3) is 0.158. The number of hydrogen-bond acceptors (Lipinski definition) is 5. The number of rotatable bonds is 4. The minimum Gasteiger partial charge on any atom is -0.497 e. The third-order valence-corrected chi connectivity index (χ3v) is 4.17. The van der Waals surface area contributed by atoms with E-state index in [1.807, 2.05) is 0 Å². The quantitative estimate of drug-likeness (QED) is 0.467. The van der Waals surface area contributed by atoms with Gasteiger partial charge in [-0.3, -0.25) is 0 Å². The van der Waals surface area contributed by atoms with Crippen LogP contribution in [0.15, 0.2) is 51.7 Å². The minimum absolute atomic E-state index is 0.155. The summed E-state index contributed by atoms with van der Waals surface area (Å²) in [6.45, 7) is 0. The van der Waals surface area contributed by atoms with Crippen molar-refractivity contribution in [1.29, 1.82) is 0 Å². The van der Waals surface area contributed by atoms with E-state index >= 15 is 0 Å². The number of benzene rings is 2. The lowest BCUT2D eigenvalue weighted by Gasteiger charge is -2.15. The first-order valence-electron chi connectivity index (χ1n) is 8.16. The highest BCUT2D eigenvalue weighted by atomic mass is 32.1. The number of methoxy groups -OCH3 is 2. The van der Waals surface area contributed by atoms with Crippen molar-refractivity contribution in [3.8, 4) is 11.5 Å². The van der Waals surface area contributed by atoms with Crippen LogP contribution >= 0.6 is 12.2 Å². The largest absolute Gasteiger partial charge is 0.497 e. The van der Waals surface area contributed by atoms with Crippen LogP contribution in [0.2, 0.25) is 0 Å². The summed E-state index contributed by atoms with van der Waals surface area (Å²) >= 11 is 5.24. The van der Waals surface area contributed by atoms with E-state index < -0.39 is 17.4 Å². The first-order valence-corrected chi connectivity index (χ1v) is 8.57. The molecule has 152 valence electrons. The molecule has 6 nitrogen and oxygen atoms in total. The van der Waals surface area contributed by atoms with Crippen LogP contribution in [-0.4, -0.2) is 19.3 Å². The molecule has 0 bridgehead atoms. The van der Waals surface area contributed by atoms with Gasteiger partial charge in [0.2, 0.25) is 0 Å². The third kappa shape index (κ3) is 4.60. The van der Waals surface area contributed by atoms with Gasteiger partial charge in [0.05, 0.1) is 25.5 Å². The molecule has 2 N–H and O–H groups in total. The molecule has 0 aliphatic rings. The summed E-state index contributed by atoms with van der Waals surface area (Å²) in [6.07, 6.45) is -4.68. The van der Waals surface area contributed by atoms with Crippen LogP contribution in [0, 0.1) is 0 Å². The van der Waals surface area contributed by atoms with Gasteiger partial charge in [0.1, 0.15) is 17.1 Å². The minimum atomic E-state index is -4.68. The molecule has 3 aromatic rings. The van der Waals surface area contributed by atoms with Gasteiger partial charge in [-0.05, 0) is 36.5 Å². The molecule has 10 heteroatoms. The lowest BCUT2D eigenvalue weighted by atomic mass is 10.1. The molecule has 0 saturated carbocycles. The smallest absolute Gasteiger partial charge is 0.417 e. The van der Waals surface area contributed by atoms with E-state index in [9.17, 15) is 18.0 Å². The number of ether oxygens (including phenoxy) is 2. The number of hydrogen-bond donors (Lipinski definition) is 2. The SMILES string of the molecule is COc1ccc(NC(=S)Nc2ccc3c(C(F)(F)F)cc(=O)oc3c2)c(OC)c1. The summed E-state index contributed by atoms with van der Waals surface area (Å²) < 4.78 is 54.7. The number of nitrogens with one attached hydrogen (secondary N) is 2. The van der Waals surface area contributed by atoms with Gasteiger partial charge in [0, 0.05) is 29.3 Å². The van der Waals surface area contributed by atoms with Gasteiger partial charge < -0.3 is 24.5 Å². The number of thiocarbonyl (C=S) groups is 1. The van der Waals surface area contributed by atoms with Crippen molar-refractivity contribution in [3.63, 3.8) is 0 Å². The lowest BCUT2D eigenvalue weighted by Crippen LogP contribution is -2.19. The van der Waals surface area contributed by atoms with Crippen LogP contribution in [0.1, 0.15) is 5.56 Å². The van der Waals surface area contributed by atoms with Crippen molar-refractivity contribution in [2.45, 2.75) is 6.18 Å². The lowest BCUT2D eigenvalue weighted by molar-refractivity contribution is -0.136. The van der Waals surface area contributed by atoms with E-state index in [2.05, 4.69) is 10.6 Å². The fourth-order valence-corrected chi connectivity index (χ4v) is 2.89. The van der Waals surface area contributed by atoms with E-state index in [-0.39, 0.29) is 16.1 Å². The summed E-state index contributed by atoms with van der Waals surface area (Å²) in [6, 6.07) is 9.37. The Morgan fingerprint density at radius 1 is 1.03 bits per heavy atom. The Bertz CT molecular complexity index is 1130. The monoisotopic (exact) mass is 424 g/mol. The molecule has 1 heterocycles. The van der Waals surface area contributed by atoms with Crippen molar-refractivity contribution in [2.24, 2.45) is 0 Å². The first-order chi connectivity index (χ1) is 13.7. The summed E-state index contributed by atoms with van der Waals surface area (Å²) in [7, 11) is 3.01. The highest BCUT2D eigenvalue weighted by molar-refractivity contribution is 7.80. The Labute approximate surface area is 168 Å². The summed E-state index contributed by atoms with van der Waals surface area (Å²) in [5.74, 6) is 1.07. The molecule has 0 atom stereocenters. The molecule has 0 aliphatic carbocycles. The van der Waals surface area contributed by atoms with Crippen LogP contribution in [0.3, 0.4) is 0 Å². The molecule has 29 heavy (non-hydrogen) atoms. The number of halogens is 3. The molecule has 0 aliphatic heterocycles. The number of fused-ring (bicyclic) bond motifs is 1. The second-order valence-electron chi connectivity index (χ2n) is 5.83. The third-order valence-electron chi connectivity index (χ3n) is 3.96. The second-order valence-corrected chi connectivity index (χ2v) is 6.24. The zero-order valence-electron chi connectivity index (χ0n) is 15.2. The fourth-order valence-electron chi connectivity index (χ4n) is 2.66. The number of anilines is 2. The average Bonchev–Trinajstić information content (AvgIpc) is 2.66. The molecule has 0 fully saturated rings. The zero-order valence-corrected chi connectivity index (χ0v) is 16.0. The van der Waals surface area contributed by atoms with Crippen LogP contribution in [-0.2, 0) is 6.18 Å². The van der Waals surface area contributed by atoms with E-state index in [1.54, 1.807) is 18.2 Å². The molecular formula is C19H15F3N2O4S. The molecule has 0 radical (unpaired) electrons. The Morgan fingerprint density at radius 3 is 2.45 bits per heavy atom. The van der Waals surface area contributed by atoms with Crippen LogP contribution < -0.4 is 25.7 Å². The maximum absolute atomic E-state index is 13.1. The van der Waals surface area contributed by atoms with Gasteiger partial charge in [-0.25, -0.2) is 4.79 Å². The standard InChI is InChI=1S/C19H15F3N2O4S/c1-26-11-4-6-14(16(8-11)27-2)24-18(29)23-10-3-5-12-13(19(20,21)22)9-17(25)28-15(12)7-10/h3-9H,1-2H3,(H2,23,24,29). The average molecular weight is 424 g/mol. The molecule has 1 aromatic heterocycles. The predicted molar refractivity (Wildman–Crippen MR) is 107 cm³/mol. The summed E-state index contributed by atoms with van der Waals surface area (Å²) in [5, 5.41) is 5.69. The van der Waals surface area contributed by atoms with Crippen LogP contribution in [0.25, 0.3) is 11.0 Å². The normalized spacial score (nSPS) is 11.2. The molecule has 0 spiro atoms. The summed E-state index contributed by atoms with van der Waals surface area (Å²) in [5.41, 5.74) is -1.47. The van der Waals surface area contributed by atoms with Gasteiger partial charge in [-0.2, -0.15) is 13.2 Å². The van der Waals surface area contributed by atoms with Crippen molar-refractivity contribution >= 4 is 39.7 Å². The molecule has 0 amide bonds. The Kier molecular flexibility index (Phi) is 5.64. The number of alkyl halides is 3. The topological polar surface area (TPSA) is 72.7 Å². The predicted octanol–water partition coefficient (Wildman–Crippen LogP) is 4.64. The maximum Gasteiger partial charge on any atom is 0.417 e. The summed E-state index contributed by atoms with van der Waals surface area (Å²) in [4.78, 5) is 11.5. The van der Waals surface area contributed by atoms with Crippen molar-refractivity contribution in [2.75, 3.05) is 24.9 Å². The van der Waals surface area contributed by atoms with E-state index in [0.717, 1.165) is 0 Å². The molecular weight excluding hydrogens is 409 g/mol. The van der Waals surface area contributed by atoms with Crippen molar-refractivity contribution < 1.29 is 27.1 Å². The first kappa shape index (κ1) is 20.5.